The third-order valence-corrected chi connectivity index (χ3v) is 7.03. The number of methoxy groups -OCH3 is 1. The number of ether oxygens (including phenoxy) is 1. The first-order valence-electron chi connectivity index (χ1n) is 10.9. The average Bonchev–Trinajstić information content (AvgIpc) is 2.80. The van der Waals surface area contributed by atoms with Gasteiger partial charge in [0, 0.05) is 5.56 Å². The Labute approximate surface area is 206 Å². The Bertz CT molecular complexity index is 1240. The van der Waals surface area contributed by atoms with E-state index < -0.39 is 10.0 Å². The zero-order chi connectivity index (χ0) is 24.9. The zero-order valence-corrected chi connectivity index (χ0v) is 21.2. The average molecular weight is 501 g/mol. The number of carbonyl (C=O) groups is 1. The maximum absolute atomic E-state index is 13.0. The number of halogens is 1. The number of benzene rings is 3. The first-order valence-corrected chi connectivity index (χ1v) is 12.8. The van der Waals surface area contributed by atoms with E-state index in [2.05, 4.69) is 23.9 Å². The second-order valence-corrected chi connectivity index (χ2v) is 10.6. The highest BCUT2D eigenvalue weighted by Crippen LogP contribution is 2.28. The van der Waals surface area contributed by atoms with Crippen LogP contribution in [0.25, 0.3) is 0 Å². The van der Waals surface area contributed by atoms with Crippen LogP contribution in [0.3, 0.4) is 0 Å². The molecular weight excluding hydrogens is 472 g/mol. The normalized spacial score (nSPS) is 12.3. The number of aryl methyl sites for hydroxylation is 1. The van der Waals surface area contributed by atoms with E-state index in [0.717, 1.165) is 23.3 Å². The van der Waals surface area contributed by atoms with Crippen LogP contribution in [0.4, 0.5) is 5.69 Å². The molecule has 1 amide bonds. The predicted molar refractivity (Wildman–Crippen MR) is 136 cm³/mol. The highest BCUT2D eigenvalue weighted by Gasteiger charge is 2.20. The lowest BCUT2D eigenvalue weighted by Gasteiger charge is -2.22. The second kappa shape index (κ2) is 10.9. The van der Waals surface area contributed by atoms with Crippen LogP contribution in [0.5, 0.6) is 5.75 Å². The molecule has 0 aliphatic rings. The molecule has 8 heteroatoms. The molecule has 180 valence electrons. The van der Waals surface area contributed by atoms with E-state index in [0.29, 0.717) is 11.5 Å². The molecule has 3 aromatic rings. The van der Waals surface area contributed by atoms with E-state index in [1.54, 1.807) is 25.3 Å². The Morgan fingerprint density at radius 1 is 1.00 bits per heavy atom. The van der Waals surface area contributed by atoms with E-state index in [9.17, 15) is 13.2 Å². The van der Waals surface area contributed by atoms with Crippen LogP contribution < -0.4 is 14.8 Å². The Balaban J connectivity index is 1.77. The van der Waals surface area contributed by atoms with Gasteiger partial charge in [-0.25, -0.2) is 8.42 Å². The summed E-state index contributed by atoms with van der Waals surface area (Å²) < 4.78 is 33.1. The van der Waals surface area contributed by atoms with Gasteiger partial charge in [-0.2, -0.15) is 0 Å². The van der Waals surface area contributed by atoms with Crippen LogP contribution in [-0.2, 0) is 10.0 Å². The summed E-state index contributed by atoms with van der Waals surface area (Å²) in [5.41, 5.74) is 2.47. The van der Waals surface area contributed by atoms with Crippen molar-refractivity contribution in [2.75, 3.05) is 11.8 Å². The number of anilines is 1. The SMILES string of the molecule is COc1ccc([C@H](CC(C)C)NC(=O)c2ccc(NS(=O)(=O)c3ccc(C)cc3)c(Cl)c2)cc1. The Hall–Kier alpha value is -3.03. The van der Waals surface area contributed by atoms with E-state index in [1.807, 2.05) is 31.2 Å². The third-order valence-electron chi connectivity index (χ3n) is 5.34. The van der Waals surface area contributed by atoms with Gasteiger partial charge in [0.15, 0.2) is 0 Å². The fourth-order valence-corrected chi connectivity index (χ4v) is 4.85. The fraction of sp³-hybridized carbons (Fsp3) is 0.269. The molecule has 0 saturated carbocycles. The lowest BCUT2D eigenvalue weighted by molar-refractivity contribution is 0.0932. The third kappa shape index (κ3) is 6.52. The molecule has 1 atom stereocenters. The van der Waals surface area contributed by atoms with Gasteiger partial charge in [-0.15, -0.1) is 0 Å². The monoisotopic (exact) mass is 500 g/mol. The molecule has 3 aromatic carbocycles. The summed E-state index contributed by atoms with van der Waals surface area (Å²) in [5.74, 6) is 0.805. The number of hydrogen-bond acceptors (Lipinski definition) is 4. The van der Waals surface area contributed by atoms with E-state index in [-0.39, 0.29) is 27.6 Å². The molecule has 0 bridgehead atoms. The molecule has 34 heavy (non-hydrogen) atoms. The van der Waals surface area contributed by atoms with Crippen LogP contribution in [0, 0.1) is 12.8 Å². The van der Waals surface area contributed by atoms with Gasteiger partial charge in [0.2, 0.25) is 0 Å². The number of amides is 1. The Morgan fingerprint density at radius 3 is 2.21 bits per heavy atom. The zero-order valence-electron chi connectivity index (χ0n) is 19.6. The van der Waals surface area contributed by atoms with Gasteiger partial charge in [-0.05, 0) is 67.3 Å². The van der Waals surface area contributed by atoms with Gasteiger partial charge < -0.3 is 10.1 Å². The van der Waals surface area contributed by atoms with Gasteiger partial charge in [0.05, 0.1) is 28.8 Å². The van der Waals surface area contributed by atoms with E-state index >= 15 is 0 Å². The quantitative estimate of drug-likeness (QED) is 0.378. The molecule has 0 aromatic heterocycles. The minimum absolute atomic E-state index is 0.131. The van der Waals surface area contributed by atoms with Gasteiger partial charge in [0.25, 0.3) is 15.9 Å². The van der Waals surface area contributed by atoms with Crippen LogP contribution in [0.2, 0.25) is 5.02 Å². The molecule has 6 nitrogen and oxygen atoms in total. The molecule has 0 unspecified atom stereocenters. The predicted octanol–water partition coefficient (Wildman–Crippen LogP) is 5.98. The summed E-state index contributed by atoms with van der Waals surface area (Å²) in [7, 11) is -2.20. The maximum atomic E-state index is 13.0. The molecule has 0 spiro atoms. The highest BCUT2D eigenvalue weighted by atomic mass is 35.5. The molecule has 2 N–H and O–H groups in total. The van der Waals surface area contributed by atoms with Crippen LogP contribution in [-0.4, -0.2) is 21.4 Å². The van der Waals surface area contributed by atoms with Crippen molar-refractivity contribution >= 4 is 33.2 Å². The molecule has 0 aliphatic carbocycles. The summed E-state index contributed by atoms with van der Waals surface area (Å²) in [6, 6.07) is 18.4. The summed E-state index contributed by atoms with van der Waals surface area (Å²) in [4.78, 5) is 13.1. The van der Waals surface area contributed by atoms with Gasteiger partial charge >= 0.3 is 0 Å². The van der Waals surface area contributed by atoms with Gasteiger partial charge in [0.1, 0.15) is 5.75 Å². The van der Waals surface area contributed by atoms with Crippen molar-refractivity contribution in [3.05, 3.63) is 88.4 Å². The molecule has 0 aliphatic heterocycles. The number of sulfonamides is 1. The number of hydrogen-bond donors (Lipinski definition) is 2. The number of rotatable bonds is 9. The Kier molecular flexibility index (Phi) is 8.23. The lowest BCUT2D eigenvalue weighted by Crippen LogP contribution is -2.29. The minimum Gasteiger partial charge on any atom is -0.497 e. The smallest absolute Gasteiger partial charge is 0.261 e. The molecule has 0 fully saturated rings. The first kappa shape index (κ1) is 25.6. The summed E-state index contributed by atoms with van der Waals surface area (Å²) >= 11 is 6.34. The topological polar surface area (TPSA) is 84.5 Å². The van der Waals surface area contributed by atoms with Crippen LogP contribution in [0.1, 0.15) is 47.8 Å². The molecule has 0 saturated heterocycles. The van der Waals surface area contributed by atoms with Crippen molar-refractivity contribution < 1.29 is 17.9 Å². The van der Waals surface area contributed by atoms with Gasteiger partial charge in [-0.3, -0.25) is 9.52 Å². The van der Waals surface area contributed by atoms with Crippen molar-refractivity contribution in [1.82, 2.24) is 5.32 Å². The summed E-state index contributed by atoms with van der Waals surface area (Å²) in [6.45, 7) is 6.06. The maximum Gasteiger partial charge on any atom is 0.261 e. The molecule has 0 heterocycles. The van der Waals surface area contributed by atoms with E-state index in [1.165, 1.54) is 24.3 Å². The first-order chi connectivity index (χ1) is 16.1. The van der Waals surface area contributed by atoms with Crippen LogP contribution >= 0.6 is 11.6 Å². The van der Waals surface area contributed by atoms with E-state index in [4.69, 9.17) is 16.3 Å². The lowest BCUT2D eigenvalue weighted by atomic mass is 9.96. The summed E-state index contributed by atoms with van der Waals surface area (Å²) in [5, 5.41) is 3.20. The second-order valence-electron chi connectivity index (χ2n) is 8.54. The van der Waals surface area contributed by atoms with Gasteiger partial charge in [-0.1, -0.05) is 55.3 Å². The largest absolute Gasteiger partial charge is 0.497 e. The standard InChI is InChI=1S/C26H29ClN2O4S/c1-17(2)15-25(19-7-10-21(33-4)11-8-19)28-26(30)20-9-14-24(23(27)16-20)29-34(31,32)22-12-5-18(3)6-13-22/h5-14,16-17,25,29H,15H2,1-4H3,(H,28,30)/t25-/m0/s1. The number of carbonyl (C=O) groups excluding carboxylic acids is 1. The van der Waals surface area contributed by atoms with Crippen molar-refractivity contribution in [2.45, 2.75) is 38.1 Å². The van der Waals surface area contributed by atoms with Crippen molar-refractivity contribution in [1.29, 1.82) is 0 Å². The van der Waals surface area contributed by atoms with Crippen LogP contribution in [0.15, 0.2) is 71.6 Å². The Morgan fingerprint density at radius 2 is 1.65 bits per heavy atom. The number of nitrogens with one attached hydrogen (secondary N) is 2. The highest BCUT2D eigenvalue weighted by molar-refractivity contribution is 7.92. The summed E-state index contributed by atoms with van der Waals surface area (Å²) in [6.07, 6.45) is 0.750. The molecule has 0 radical (unpaired) electrons. The fourth-order valence-electron chi connectivity index (χ4n) is 3.49. The molecule has 3 rings (SSSR count). The minimum atomic E-state index is -3.81. The molecular formula is C26H29ClN2O4S. The van der Waals surface area contributed by atoms with Crippen molar-refractivity contribution in [2.24, 2.45) is 5.92 Å². The van der Waals surface area contributed by atoms with Crippen molar-refractivity contribution in [3.63, 3.8) is 0 Å². The van der Waals surface area contributed by atoms with Crippen molar-refractivity contribution in [3.8, 4) is 5.75 Å².